The summed E-state index contributed by atoms with van der Waals surface area (Å²) in [5.74, 6) is 0.502. The number of nitrogens with one attached hydrogen (secondary N) is 1. The Morgan fingerprint density at radius 1 is 1.20 bits per heavy atom. The van der Waals surface area contributed by atoms with Crippen LogP contribution in [0.3, 0.4) is 0 Å². The van der Waals surface area contributed by atoms with E-state index in [0.717, 1.165) is 22.0 Å². The fourth-order valence-electron chi connectivity index (χ4n) is 2.73. The minimum Gasteiger partial charge on any atom is -0.492 e. The number of carbonyl (C=O) groups is 1. The Morgan fingerprint density at radius 3 is 2.92 bits per heavy atom. The molecule has 0 saturated carbocycles. The number of nitrogens with two attached hydrogens (primary N) is 1. The molecule has 0 spiro atoms. The fraction of sp³-hybridized carbons (Fsp3) is 0.200. The highest BCUT2D eigenvalue weighted by Crippen LogP contribution is 2.20. The average molecular weight is 335 g/mol. The number of benzene rings is 2. The van der Waals surface area contributed by atoms with Gasteiger partial charge < -0.3 is 15.8 Å². The van der Waals surface area contributed by atoms with Crippen molar-refractivity contribution in [1.82, 2.24) is 10.3 Å². The number of aromatic nitrogens is 1. The summed E-state index contributed by atoms with van der Waals surface area (Å²) in [6, 6.07) is 15.1. The second-order valence-corrected chi connectivity index (χ2v) is 5.78. The van der Waals surface area contributed by atoms with E-state index < -0.39 is 0 Å². The van der Waals surface area contributed by atoms with Gasteiger partial charge in [-0.15, -0.1) is 0 Å². The van der Waals surface area contributed by atoms with E-state index in [0.29, 0.717) is 31.0 Å². The summed E-state index contributed by atoms with van der Waals surface area (Å²) >= 11 is 0. The fourth-order valence-corrected chi connectivity index (χ4v) is 2.73. The van der Waals surface area contributed by atoms with E-state index >= 15 is 0 Å². The topological polar surface area (TPSA) is 77.2 Å². The highest BCUT2D eigenvalue weighted by atomic mass is 16.5. The van der Waals surface area contributed by atoms with Crippen molar-refractivity contribution in [2.45, 2.75) is 13.5 Å². The van der Waals surface area contributed by atoms with E-state index in [1.807, 2.05) is 37.3 Å². The molecule has 0 atom stereocenters. The van der Waals surface area contributed by atoms with Gasteiger partial charge in [0.2, 0.25) is 0 Å². The molecule has 0 aliphatic rings. The lowest BCUT2D eigenvalue weighted by Gasteiger charge is -2.12. The van der Waals surface area contributed by atoms with Crippen LogP contribution in [0, 0.1) is 6.92 Å². The molecule has 0 bridgehead atoms. The van der Waals surface area contributed by atoms with Gasteiger partial charge in [0, 0.05) is 30.2 Å². The molecule has 3 N–H and O–H groups in total. The van der Waals surface area contributed by atoms with Crippen molar-refractivity contribution in [2.75, 3.05) is 13.2 Å². The summed E-state index contributed by atoms with van der Waals surface area (Å²) in [5.41, 5.74) is 9.13. The molecular weight excluding hydrogens is 314 g/mol. The van der Waals surface area contributed by atoms with Crippen LogP contribution in [-0.2, 0) is 6.54 Å². The molecule has 0 radical (unpaired) electrons. The predicted molar refractivity (Wildman–Crippen MR) is 98.6 cm³/mol. The third-order valence-electron chi connectivity index (χ3n) is 4.04. The van der Waals surface area contributed by atoms with Crippen LogP contribution in [0.25, 0.3) is 10.9 Å². The van der Waals surface area contributed by atoms with Crippen LogP contribution >= 0.6 is 0 Å². The van der Waals surface area contributed by atoms with Crippen LogP contribution in [-0.4, -0.2) is 24.0 Å². The maximum Gasteiger partial charge on any atom is 0.251 e. The second-order valence-electron chi connectivity index (χ2n) is 5.78. The third-order valence-corrected chi connectivity index (χ3v) is 4.04. The first kappa shape index (κ1) is 16.9. The standard InChI is InChI=1S/C20H21N3O2/c1-14-7-8-19-17(6-3-10-22-19)18(14)13-23-20(24)15-4-2-5-16(12-15)25-11-9-21/h2-8,10,12H,9,11,13,21H2,1H3,(H,23,24). The molecule has 0 fully saturated rings. The maximum absolute atomic E-state index is 12.5. The quantitative estimate of drug-likeness (QED) is 0.726. The van der Waals surface area contributed by atoms with E-state index in [1.165, 1.54) is 0 Å². The van der Waals surface area contributed by atoms with Crippen molar-refractivity contribution in [3.63, 3.8) is 0 Å². The summed E-state index contributed by atoms with van der Waals surface area (Å²) < 4.78 is 5.47. The SMILES string of the molecule is Cc1ccc2ncccc2c1CNC(=O)c1cccc(OCCN)c1. The highest BCUT2D eigenvalue weighted by Gasteiger charge is 2.10. The molecule has 1 aromatic heterocycles. The molecule has 3 rings (SSSR count). The number of pyridine rings is 1. The van der Waals surface area contributed by atoms with Crippen LogP contribution < -0.4 is 15.8 Å². The van der Waals surface area contributed by atoms with Crippen molar-refractivity contribution < 1.29 is 9.53 Å². The number of carbonyl (C=O) groups excluding carboxylic acids is 1. The molecule has 5 heteroatoms. The van der Waals surface area contributed by atoms with Crippen LogP contribution in [0.15, 0.2) is 54.7 Å². The van der Waals surface area contributed by atoms with Crippen LogP contribution in [0.2, 0.25) is 0 Å². The van der Waals surface area contributed by atoms with Crippen molar-refractivity contribution >= 4 is 16.8 Å². The molecule has 1 heterocycles. The van der Waals surface area contributed by atoms with Gasteiger partial charge in [0.25, 0.3) is 5.91 Å². The van der Waals surface area contributed by atoms with Gasteiger partial charge in [-0.1, -0.05) is 18.2 Å². The van der Waals surface area contributed by atoms with Gasteiger partial charge in [-0.05, 0) is 48.4 Å². The number of ether oxygens (including phenoxy) is 1. The first-order valence-electron chi connectivity index (χ1n) is 8.23. The highest BCUT2D eigenvalue weighted by molar-refractivity contribution is 5.95. The normalized spacial score (nSPS) is 10.6. The molecule has 0 aliphatic heterocycles. The number of hydrogen-bond acceptors (Lipinski definition) is 4. The molecule has 0 aliphatic carbocycles. The number of aryl methyl sites for hydroxylation is 1. The third kappa shape index (κ3) is 3.95. The summed E-state index contributed by atoms with van der Waals surface area (Å²) in [7, 11) is 0. The lowest BCUT2D eigenvalue weighted by atomic mass is 10.0. The average Bonchev–Trinajstić information content (AvgIpc) is 2.65. The zero-order valence-electron chi connectivity index (χ0n) is 14.2. The zero-order valence-corrected chi connectivity index (χ0v) is 14.2. The largest absolute Gasteiger partial charge is 0.492 e. The molecule has 5 nitrogen and oxygen atoms in total. The van der Waals surface area contributed by atoms with Crippen molar-refractivity contribution in [2.24, 2.45) is 5.73 Å². The van der Waals surface area contributed by atoms with E-state index in [-0.39, 0.29) is 5.91 Å². The number of hydrogen-bond donors (Lipinski definition) is 2. The number of fused-ring (bicyclic) bond motifs is 1. The Hall–Kier alpha value is -2.92. The van der Waals surface area contributed by atoms with Gasteiger partial charge in [0.15, 0.2) is 0 Å². The molecular formula is C20H21N3O2. The summed E-state index contributed by atoms with van der Waals surface area (Å²) in [5, 5.41) is 4.04. The van der Waals surface area contributed by atoms with Crippen LogP contribution in [0.1, 0.15) is 21.5 Å². The van der Waals surface area contributed by atoms with Crippen LogP contribution in [0.4, 0.5) is 0 Å². The molecule has 25 heavy (non-hydrogen) atoms. The molecule has 0 saturated heterocycles. The van der Waals surface area contributed by atoms with Crippen molar-refractivity contribution in [3.8, 4) is 5.75 Å². The first-order chi connectivity index (χ1) is 12.2. The Bertz CT molecular complexity index is 893. The van der Waals surface area contributed by atoms with E-state index in [1.54, 1.807) is 24.4 Å². The maximum atomic E-state index is 12.5. The summed E-state index contributed by atoms with van der Waals surface area (Å²) in [6.07, 6.45) is 1.77. The van der Waals surface area contributed by atoms with Gasteiger partial charge in [-0.3, -0.25) is 9.78 Å². The number of nitrogens with zero attached hydrogens (tertiary/aromatic N) is 1. The molecule has 2 aromatic carbocycles. The van der Waals surface area contributed by atoms with Gasteiger partial charge >= 0.3 is 0 Å². The monoisotopic (exact) mass is 335 g/mol. The Morgan fingerprint density at radius 2 is 2.08 bits per heavy atom. The Labute approximate surface area is 146 Å². The lowest BCUT2D eigenvalue weighted by molar-refractivity contribution is 0.0950. The van der Waals surface area contributed by atoms with Crippen molar-refractivity contribution in [1.29, 1.82) is 0 Å². The number of amides is 1. The van der Waals surface area contributed by atoms with Crippen LogP contribution in [0.5, 0.6) is 5.75 Å². The summed E-state index contributed by atoms with van der Waals surface area (Å²) in [6.45, 7) is 3.34. The predicted octanol–water partition coefficient (Wildman–Crippen LogP) is 2.81. The number of rotatable bonds is 6. The van der Waals surface area contributed by atoms with E-state index in [4.69, 9.17) is 10.5 Å². The van der Waals surface area contributed by atoms with Crippen molar-refractivity contribution in [3.05, 3.63) is 71.4 Å². The Balaban J connectivity index is 1.76. The Kier molecular flexibility index (Phi) is 5.26. The van der Waals surface area contributed by atoms with E-state index in [9.17, 15) is 4.79 Å². The molecule has 128 valence electrons. The summed E-state index contributed by atoms with van der Waals surface area (Å²) in [4.78, 5) is 16.9. The van der Waals surface area contributed by atoms with E-state index in [2.05, 4.69) is 10.3 Å². The molecule has 0 unspecified atom stereocenters. The minimum absolute atomic E-state index is 0.140. The zero-order chi connectivity index (χ0) is 17.6. The lowest BCUT2D eigenvalue weighted by Crippen LogP contribution is -2.23. The smallest absolute Gasteiger partial charge is 0.251 e. The van der Waals surface area contributed by atoms with Gasteiger partial charge in [0.1, 0.15) is 12.4 Å². The molecule has 3 aromatic rings. The van der Waals surface area contributed by atoms with Gasteiger partial charge in [-0.25, -0.2) is 0 Å². The minimum atomic E-state index is -0.140. The van der Waals surface area contributed by atoms with Gasteiger partial charge in [0.05, 0.1) is 5.52 Å². The first-order valence-corrected chi connectivity index (χ1v) is 8.23. The molecule has 1 amide bonds. The second kappa shape index (κ2) is 7.77. The van der Waals surface area contributed by atoms with Gasteiger partial charge in [-0.2, -0.15) is 0 Å².